The van der Waals surface area contributed by atoms with E-state index in [0.717, 1.165) is 108 Å². The van der Waals surface area contributed by atoms with Gasteiger partial charge in [0.05, 0.1) is 42.1 Å². The molecule has 1 aliphatic rings. The number of nitrogens with one attached hydrogen (secondary N) is 2. The molecule has 0 radical (unpaired) electrons. The summed E-state index contributed by atoms with van der Waals surface area (Å²) in [7, 11) is 1.74. The molecule has 6 aromatic carbocycles. The Morgan fingerprint density at radius 1 is 0.588 bits per heavy atom. The predicted octanol–water partition coefficient (Wildman–Crippen LogP) is 11.6. The molecule has 2 N–H and O–H groups in total. The van der Waals surface area contributed by atoms with Crippen molar-refractivity contribution in [2.75, 3.05) is 82.2 Å². The lowest BCUT2D eigenvalue weighted by atomic mass is 9.99. The third-order valence-electron chi connectivity index (χ3n) is 14.8. The number of piperazine rings is 1. The van der Waals surface area contributed by atoms with Gasteiger partial charge >= 0.3 is 11.4 Å². The number of fused-ring (bicyclic) bond motifs is 2. The number of carbonyl (C=O) groups is 2. The number of anilines is 2. The van der Waals surface area contributed by atoms with Gasteiger partial charge in [-0.3, -0.25) is 23.6 Å². The summed E-state index contributed by atoms with van der Waals surface area (Å²) < 4.78 is 19.9. The number of ether oxygens (including phenoxy) is 3. The first-order valence-electron chi connectivity index (χ1n) is 28.9. The average Bonchev–Trinajstić information content (AvgIpc) is 1.49. The zero-order valence-corrected chi connectivity index (χ0v) is 50.8. The summed E-state index contributed by atoms with van der Waals surface area (Å²) in [6.07, 6.45) is 13.3. The summed E-state index contributed by atoms with van der Waals surface area (Å²) in [5, 5.41) is 8.32. The van der Waals surface area contributed by atoms with Crippen LogP contribution in [0.4, 0.5) is 11.4 Å². The van der Waals surface area contributed by atoms with E-state index in [-0.39, 0.29) is 36.4 Å². The maximum atomic E-state index is 13.6. The lowest BCUT2D eigenvalue weighted by Gasteiger charge is -2.34. The van der Waals surface area contributed by atoms with E-state index in [9.17, 15) is 19.2 Å². The molecule has 440 valence electrons. The summed E-state index contributed by atoms with van der Waals surface area (Å²) >= 11 is 3.35. The lowest BCUT2D eigenvalue weighted by molar-refractivity contribution is -0.117. The largest absolute Gasteiger partial charge is 0.481 e. The quantitative estimate of drug-likeness (QED) is 0.0437. The van der Waals surface area contributed by atoms with Gasteiger partial charge in [-0.15, -0.1) is 12.8 Å². The molecule has 0 aliphatic carbocycles. The second-order valence-electron chi connectivity index (χ2n) is 21.6. The highest BCUT2D eigenvalue weighted by Gasteiger charge is 2.19. The fraction of sp³-hybridized carbons (Fsp3) is 0.333. The second kappa shape index (κ2) is 31.0. The maximum absolute atomic E-state index is 13.6. The number of amides is 2. The highest BCUT2D eigenvalue weighted by molar-refractivity contribution is 9.09. The number of carbonyl (C=O) groups excluding carboxylic acids is 2. The van der Waals surface area contributed by atoms with Gasteiger partial charge in [-0.05, 0) is 114 Å². The molecule has 2 aromatic heterocycles. The predicted molar refractivity (Wildman–Crippen MR) is 345 cm³/mol. The molecular weight excluding hydrogens is 1130 g/mol. The topological polar surface area (TPSA) is 162 Å². The van der Waals surface area contributed by atoms with Crippen molar-refractivity contribution in [3.63, 3.8) is 0 Å². The van der Waals surface area contributed by atoms with Crippen molar-refractivity contribution in [2.24, 2.45) is 0 Å². The Morgan fingerprint density at radius 3 is 1.44 bits per heavy atom. The number of terminal acetylenes is 2. The molecule has 1 fully saturated rings. The van der Waals surface area contributed by atoms with Crippen LogP contribution in [0.15, 0.2) is 143 Å². The molecule has 0 bridgehead atoms. The average molecular weight is 1210 g/mol. The Labute approximate surface area is 506 Å². The second-order valence-corrected chi connectivity index (χ2v) is 22.4. The SMILES string of the molecule is C#CCOc1ccc2c(c1)c(-c1ccc(C(C)C)cc1)nc(=O)n2Cc1cccc(NC(=O)CCCBr)c1.C#CCOc1ccc2c(c1)c(-c1ccc(C(C)C)cc1)nc(=O)n2Cc1cccc(NC(=O)CCCN2CCN(CCOC)CC2)c1. The summed E-state index contributed by atoms with van der Waals surface area (Å²) in [4.78, 5) is 65.8. The standard InChI is InChI=1S/C38H45N5O4.C31H30BrN3O3/c1-5-23-47-33-15-16-35-34(26-33)37(31-13-11-30(12-14-31)28(2)3)40-38(45)43(35)27-29-8-6-9-32(25-29)39-36(44)10-7-17-41-18-20-42(21-19-41)22-24-46-4;1-4-17-38-26-14-15-28-27(19-26)30(24-12-10-23(11-13-24)21(2)3)34-31(37)35(28)20-22-7-5-8-25(18-22)33-29(36)9-6-16-32/h1,6,8-9,11-16,25-26,28H,7,10,17-24,27H2,2-4H3,(H,39,44);1,5,7-8,10-15,18-19,21H,6,9,16-17,20H2,2-3H3,(H,33,36). The minimum absolute atomic E-state index is 0.0162. The minimum atomic E-state index is -0.357. The molecule has 2 amide bonds. The Kier molecular flexibility index (Phi) is 22.8. The molecular formula is C69H75BrN8O7. The Morgan fingerprint density at radius 2 is 1.02 bits per heavy atom. The molecule has 8 aromatic rings. The van der Waals surface area contributed by atoms with Crippen molar-refractivity contribution in [1.29, 1.82) is 0 Å². The Bertz CT molecular complexity index is 3780. The van der Waals surface area contributed by atoms with E-state index in [2.05, 4.69) is 110 Å². The van der Waals surface area contributed by atoms with E-state index in [1.807, 2.05) is 109 Å². The van der Waals surface area contributed by atoms with Crippen LogP contribution in [0.3, 0.4) is 0 Å². The van der Waals surface area contributed by atoms with Gasteiger partial charge in [0.25, 0.3) is 0 Å². The first-order chi connectivity index (χ1) is 41.2. The van der Waals surface area contributed by atoms with E-state index in [0.29, 0.717) is 72.0 Å². The minimum Gasteiger partial charge on any atom is -0.481 e. The van der Waals surface area contributed by atoms with Crippen molar-refractivity contribution in [3.8, 4) is 58.7 Å². The van der Waals surface area contributed by atoms with Gasteiger partial charge in [0.2, 0.25) is 11.8 Å². The van der Waals surface area contributed by atoms with Crippen molar-refractivity contribution in [2.45, 2.75) is 78.3 Å². The first kappa shape index (κ1) is 62.7. The molecule has 0 spiro atoms. The van der Waals surface area contributed by atoms with Gasteiger partial charge in [0.1, 0.15) is 24.7 Å². The number of methoxy groups -OCH3 is 1. The number of benzene rings is 6. The third-order valence-corrected chi connectivity index (χ3v) is 15.4. The highest BCUT2D eigenvalue weighted by atomic mass is 79.9. The summed E-state index contributed by atoms with van der Waals surface area (Å²) in [6.45, 7) is 16.2. The number of halogens is 1. The highest BCUT2D eigenvalue weighted by Crippen LogP contribution is 2.33. The van der Waals surface area contributed by atoms with Crippen molar-refractivity contribution < 1.29 is 23.8 Å². The van der Waals surface area contributed by atoms with Crippen LogP contribution in [-0.2, 0) is 27.4 Å². The van der Waals surface area contributed by atoms with Crippen LogP contribution in [0, 0.1) is 24.7 Å². The van der Waals surface area contributed by atoms with E-state index >= 15 is 0 Å². The van der Waals surface area contributed by atoms with Crippen LogP contribution < -0.4 is 31.5 Å². The van der Waals surface area contributed by atoms with Crippen LogP contribution in [0.2, 0.25) is 0 Å². The van der Waals surface area contributed by atoms with Crippen molar-refractivity contribution >= 4 is 60.9 Å². The number of nitrogens with zero attached hydrogens (tertiary/aromatic N) is 6. The molecule has 1 aliphatic heterocycles. The summed E-state index contributed by atoms with van der Waals surface area (Å²) in [5.41, 5.74) is 9.21. The molecule has 9 rings (SSSR count). The summed E-state index contributed by atoms with van der Waals surface area (Å²) in [6, 6.07) is 42.6. The zero-order valence-electron chi connectivity index (χ0n) is 49.2. The molecule has 15 nitrogen and oxygen atoms in total. The van der Waals surface area contributed by atoms with Crippen LogP contribution >= 0.6 is 15.9 Å². The number of hydrogen-bond acceptors (Lipinski definition) is 11. The van der Waals surface area contributed by atoms with Crippen LogP contribution in [-0.4, -0.2) is 112 Å². The van der Waals surface area contributed by atoms with Gasteiger partial charge in [0.15, 0.2) is 0 Å². The van der Waals surface area contributed by atoms with E-state index in [1.54, 1.807) is 16.2 Å². The normalized spacial score (nSPS) is 12.6. The number of aromatic nitrogens is 4. The fourth-order valence-corrected chi connectivity index (χ4v) is 10.5. The zero-order chi connectivity index (χ0) is 60.2. The molecule has 0 saturated carbocycles. The van der Waals surface area contributed by atoms with Crippen LogP contribution in [0.5, 0.6) is 11.5 Å². The van der Waals surface area contributed by atoms with Gasteiger partial charge in [-0.1, -0.05) is 128 Å². The molecule has 0 unspecified atom stereocenters. The van der Waals surface area contributed by atoms with Gasteiger partial charge in [0, 0.05) is 91.3 Å². The molecule has 1 saturated heterocycles. The number of rotatable bonds is 24. The van der Waals surface area contributed by atoms with E-state index in [4.69, 9.17) is 27.1 Å². The lowest BCUT2D eigenvalue weighted by Crippen LogP contribution is -2.47. The Balaban J connectivity index is 0.000000226. The first-order valence-corrected chi connectivity index (χ1v) is 30.1. The third kappa shape index (κ3) is 17.4. The molecule has 3 heterocycles. The van der Waals surface area contributed by atoms with Gasteiger partial charge < -0.3 is 29.7 Å². The van der Waals surface area contributed by atoms with Crippen molar-refractivity contribution in [1.82, 2.24) is 28.9 Å². The monoisotopic (exact) mass is 1210 g/mol. The maximum Gasteiger partial charge on any atom is 0.348 e. The summed E-state index contributed by atoms with van der Waals surface area (Å²) in [5.74, 6) is 6.93. The Hall–Kier alpha value is -8.38. The van der Waals surface area contributed by atoms with Gasteiger partial charge in [-0.25, -0.2) is 9.59 Å². The van der Waals surface area contributed by atoms with Crippen molar-refractivity contribution in [3.05, 3.63) is 177 Å². The molecule has 0 atom stereocenters. The van der Waals surface area contributed by atoms with E-state index in [1.165, 1.54) is 11.1 Å². The van der Waals surface area contributed by atoms with E-state index < -0.39 is 0 Å². The molecule has 85 heavy (non-hydrogen) atoms. The smallest absolute Gasteiger partial charge is 0.348 e. The van der Waals surface area contributed by atoms with Crippen LogP contribution in [0.1, 0.15) is 87.5 Å². The van der Waals surface area contributed by atoms with Gasteiger partial charge in [-0.2, -0.15) is 9.97 Å². The number of alkyl halides is 1. The fourth-order valence-electron chi connectivity index (χ4n) is 10.2. The van der Waals surface area contributed by atoms with Crippen LogP contribution in [0.25, 0.3) is 44.3 Å². The number of hydrogen-bond donors (Lipinski definition) is 2. The molecule has 16 heteroatoms.